The van der Waals surface area contributed by atoms with Crippen molar-refractivity contribution in [1.82, 2.24) is 0 Å². The van der Waals surface area contributed by atoms with Gasteiger partial charge in [0, 0.05) is 17.1 Å². The molecule has 0 aliphatic carbocycles. The van der Waals surface area contributed by atoms with E-state index in [1.54, 1.807) is 24.3 Å². The van der Waals surface area contributed by atoms with Crippen molar-refractivity contribution in [3.63, 3.8) is 0 Å². The van der Waals surface area contributed by atoms with Crippen molar-refractivity contribution in [1.29, 1.82) is 0 Å². The molecule has 2 aromatic carbocycles. The van der Waals surface area contributed by atoms with Crippen molar-refractivity contribution < 1.29 is 24.3 Å². The summed E-state index contributed by atoms with van der Waals surface area (Å²) in [6, 6.07) is 12.1. The van der Waals surface area contributed by atoms with E-state index < -0.39 is 17.1 Å². The molecule has 0 unspecified atom stereocenters. The van der Waals surface area contributed by atoms with Gasteiger partial charge < -0.3 is 10.4 Å². The molecule has 3 amide bonds. The Hall–Kier alpha value is -2.84. The predicted octanol–water partition coefficient (Wildman–Crippen LogP) is 3.04. The van der Waals surface area contributed by atoms with Gasteiger partial charge in [0.1, 0.15) is 0 Å². The third-order valence-electron chi connectivity index (χ3n) is 4.02. The minimum Gasteiger partial charge on any atom is -0.478 e. The van der Waals surface area contributed by atoms with Crippen LogP contribution in [0.4, 0.5) is 11.4 Å². The molecule has 9 heteroatoms. The number of halogens is 1. The van der Waals surface area contributed by atoms with Crippen LogP contribution in [0.1, 0.15) is 16.8 Å². The Bertz CT molecular complexity index is 930. The molecule has 2 N–H and O–H groups in total. The van der Waals surface area contributed by atoms with E-state index in [4.69, 9.17) is 16.7 Å². The van der Waals surface area contributed by atoms with Crippen LogP contribution in [0.15, 0.2) is 48.5 Å². The number of rotatable bonds is 6. The average molecular weight is 419 g/mol. The van der Waals surface area contributed by atoms with Crippen LogP contribution in [0.2, 0.25) is 5.02 Å². The Balaban J connectivity index is 1.59. The molecular formula is C19H15ClN2O5S. The normalized spacial score (nSPS) is 16.3. The van der Waals surface area contributed by atoms with Gasteiger partial charge in [-0.1, -0.05) is 11.6 Å². The maximum atomic E-state index is 12.6. The standard InChI is InChI=1S/C19H15ClN2O5S/c20-12-3-5-13(6-4-12)21-16(23)10-28-15-9-17(24)22(18(15)25)14-7-1-11(2-8-14)19(26)27/h1-8,15H,9-10H2,(H,21,23)(H,26,27)/t15-/m0/s1. The lowest BCUT2D eigenvalue weighted by molar-refractivity contribution is -0.121. The van der Waals surface area contributed by atoms with E-state index in [1.807, 2.05) is 0 Å². The lowest BCUT2D eigenvalue weighted by atomic mass is 10.2. The van der Waals surface area contributed by atoms with E-state index in [9.17, 15) is 19.2 Å². The van der Waals surface area contributed by atoms with E-state index in [0.29, 0.717) is 16.4 Å². The van der Waals surface area contributed by atoms with Crippen LogP contribution >= 0.6 is 23.4 Å². The topological polar surface area (TPSA) is 104 Å². The smallest absolute Gasteiger partial charge is 0.335 e. The molecule has 1 fully saturated rings. The van der Waals surface area contributed by atoms with Gasteiger partial charge in [0.2, 0.25) is 17.7 Å². The SMILES string of the molecule is O=C(CS[C@H]1CC(=O)N(c2ccc(C(=O)O)cc2)C1=O)Nc1ccc(Cl)cc1. The maximum absolute atomic E-state index is 12.6. The van der Waals surface area contributed by atoms with Crippen LogP contribution in [-0.2, 0) is 14.4 Å². The summed E-state index contributed by atoms with van der Waals surface area (Å²) in [4.78, 5) is 48.8. The molecule has 0 radical (unpaired) electrons. The van der Waals surface area contributed by atoms with Crippen LogP contribution < -0.4 is 10.2 Å². The minimum atomic E-state index is -1.09. The van der Waals surface area contributed by atoms with E-state index in [0.717, 1.165) is 16.7 Å². The number of carbonyl (C=O) groups is 4. The molecule has 144 valence electrons. The number of hydrogen-bond acceptors (Lipinski definition) is 5. The first-order valence-corrected chi connectivity index (χ1v) is 9.65. The lowest BCUT2D eigenvalue weighted by Gasteiger charge is -2.15. The number of nitrogens with zero attached hydrogens (tertiary/aromatic N) is 1. The molecular weight excluding hydrogens is 404 g/mol. The molecule has 28 heavy (non-hydrogen) atoms. The third kappa shape index (κ3) is 4.52. The van der Waals surface area contributed by atoms with Crippen LogP contribution in [0.3, 0.4) is 0 Å². The van der Waals surface area contributed by atoms with Crippen molar-refractivity contribution in [2.24, 2.45) is 0 Å². The molecule has 1 aliphatic rings. The summed E-state index contributed by atoms with van der Waals surface area (Å²) in [5.41, 5.74) is 0.963. The second-order valence-electron chi connectivity index (χ2n) is 5.98. The first kappa shape index (κ1) is 19.9. The van der Waals surface area contributed by atoms with Gasteiger partial charge in [0.15, 0.2) is 0 Å². The van der Waals surface area contributed by atoms with Gasteiger partial charge in [-0.15, -0.1) is 11.8 Å². The van der Waals surface area contributed by atoms with Gasteiger partial charge in [-0.3, -0.25) is 14.4 Å². The number of benzene rings is 2. The first-order chi connectivity index (χ1) is 13.3. The largest absolute Gasteiger partial charge is 0.478 e. The van der Waals surface area contributed by atoms with Crippen molar-refractivity contribution in [2.75, 3.05) is 16.0 Å². The van der Waals surface area contributed by atoms with Crippen molar-refractivity contribution >= 4 is 58.4 Å². The van der Waals surface area contributed by atoms with Crippen LogP contribution in [0, 0.1) is 0 Å². The quantitative estimate of drug-likeness (QED) is 0.699. The number of hydrogen-bond donors (Lipinski definition) is 2. The molecule has 1 saturated heterocycles. The van der Waals surface area contributed by atoms with E-state index in [-0.39, 0.29) is 29.6 Å². The van der Waals surface area contributed by atoms with Gasteiger partial charge in [-0.05, 0) is 48.5 Å². The number of carbonyl (C=O) groups excluding carboxylic acids is 3. The lowest BCUT2D eigenvalue weighted by Crippen LogP contribution is -2.31. The Morgan fingerprint density at radius 1 is 1.11 bits per heavy atom. The second kappa shape index (κ2) is 8.45. The molecule has 0 saturated carbocycles. The van der Waals surface area contributed by atoms with Gasteiger partial charge >= 0.3 is 5.97 Å². The highest BCUT2D eigenvalue weighted by molar-refractivity contribution is 8.01. The van der Waals surface area contributed by atoms with E-state index in [2.05, 4.69) is 5.32 Å². The fraction of sp³-hybridized carbons (Fsp3) is 0.158. The first-order valence-electron chi connectivity index (χ1n) is 8.22. The number of thioether (sulfide) groups is 1. The van der Waals surface area contributed by atoms with Gasteiger partial charge in [-0.25, -0.2) is 9.69 Å². The number of carboxylic acids is 1. The fourth-order valence-corrected chi connectivity index (χ4v) is 3.72. The van der Waals surface area contributed by atoms with Crippen molar-refractivity contribution in [3.8, 4) is 0 Å². The molecule has 0 spiro atoms. The number of anilines is 2. The molecule has 1 atom stereocenters. The zero-order chi connectivity index (χ0) is 20.3. The van der Waals surface area contributed by atoms with Gasteiger partial charge in [0.25, 0.3) is 0 Å². The number of imide groups is 1. The zero-order valence-corrected chi connectivity index (χ0v) is 16.0. The molecule has 7 nitrogen and oxygen atoms in total. The molecule has 0 aromatic heterocycles. The van der Waals surface area contributed by atoms with Gasteiger partial charge in [-0.2, -0.15) is 0 Å². The van der Waals surface area contributed by atoms with Crippen molar-refractivity contribution in [2.45, 2.75) is 11.7 Å². The predicted molar refractivity (Wildman–Crippen MR) is 107 cm³/mol. The van der Waals surface area contributed by atoms with Crippen LogP contribution in [0.5, 0.6) is 0 Å². The Labute approximate surface area is 169 Å². The van der Waals surface area contributed by atoms with E-state index >= 15 is 0 Å². The second-order valence-corrected chi connectivity index (χ2v) is 7.61. The molecule has 1 heterocycles. The minimum absolute atomic E-state index is 0.0120. The van der Waals surface area contributed by atoms with Crippen molar-refractivity contribution in [3.05, 3.63) is 59.1 Å². The summed E-state index contributed by atoms with van der Waals surface area (Å²) in [5.74, 6) is -2.18. The Morgan fingerprint density at radius 3 is 2.36 bits per heavy atom. The number of aromatic carboxylic acids is 1. The average Bonchev–Trinajstić information content (AvgIpc) is 2.95. The summed E-state index contributed by atoms with van der Waals surface area (Å²) in [7, 11) is 0. The third-order valence-corrected chi connectivity index (χ3v) is 5.47. The zero-order valence-electron chi connectivity index (χ0n) is 14.4. The summed E-state index contributed by atoms with van der Waals surface area (Å²) < 4.78 is 0. The van der Waals surface area contributed by atoms with Gasteiger partial charge in [0.05, 0.1) is 22.3 Å². The summed E-state index contributed by atoms with van der Waals surface area (Å²) in [6.45, 7) is 0. The summed E-state index contributed by atoms with van der Waals surface area (Å²) in [6.07, 6.45) is -0.0155. The molecule has 2 aromatic rings. The number of amides is 3. The molecule has 0 bridgehead atoms. The fourth-order valence-electron chi connectivity index (χ4n) is 2.67. The Kier molecular flexibility index (Phi) is 6.01. The van der Waals surface area contributed by atoms with Crippen LogP contribution in [-0.4, -0.2) is 39.8 Å². The van der Waals surface area contributed by atoms with Crippen LogP contribution in [0.25, 0.3) is 0 Å². The molecule has 3 rings (SSSR count). The monoisotopic (exact) mass is 418 g/mol. The summed E-state index contributed by atoms with van der Waals surface area (Å²) >= 11 is 6.88. The summed E-state index contributed by atoms with van der Waals surface area (Å²) in [5, 5.41) is 11.5. The number of nitrogens with one attached hydrogen (secondary N) is 1. The van der Waals surface area contributed by atoms with E-state index in [1.165, 1.54) is 24.3 Å². The molecule has 1 aliphatic heterocycles. The highest BCUT2D eigenvalue weighted by Gasteiger charge is 2.40. The highest BCUT2D eigenvalue weighted by Crippen LogP contribution is 2.30. The highest BCUT2D eigenvalue weighted by atomic mass is 35.5. The number of carboxylic acid groups (broad SMARTS) is 1. The maximum Gasteiger partial charge on any atom is 0.335 e. The Morgan fingerprint density at radius 2 is 1.75 bits per heavy atom.